The number of nitrogens with one attached hydrogen (secondary N) is 3. The third-order valence-electron chi connectivity index (χ3n) is 31.1. The Bertz CT molecular complexity index is 3420. The van der Waals surface area contributed by atoms with Gasteiger partial charge in [-0.25, -0.2) is 4.98 Å². The monoisotopic (exact) mass is 1310 g/mol. The van der Waals surface area contributed by atoms with Crippen LogP contribution in [0.1, 0.15) is 180 Å². The lowest BCUT2D eigenvalue weighted by Crippen LogP contribution is -2.77. The summed E-state index contributed by atoms with van der Waals surface area (Å²) in [5, 5.41) is 104. The molecule has 17 rings (SSSR count). The first-order chi connectivity index (χ1) is 44.8. The lowest BCUT2D eigenvalue weighted by Gasteiger charge is -2.75. The summed E-state index contributed by atoms with van der Waals surface area (Å²) in [4.78, 5) is 27.0. The van der Waals surface area contributed by atoms with Gasteiger partial charge in [0, 0.05) is 82.4 Å². The second-order valence-corrected chi connectivity index (χ2v) is 37.4. The van der Waals surface area contributed by atoms with Crippen molar-refractivity contribution in [2.45, 2.75) is 209 Å². The fraction of sp³-hybridized carbons (Fsp3) is 0.776. The zero-order valence-electron chi connectivity index (χ0n) is 55.7. The maximum atomic E-state index is 16.8. The molecule has 93 heavy (non-hydrogen) atoms. The number of ketones is 1. The van der Waals surface area contributed by atoms with E-state index >= 15 is 15.0 Å². The first-order valence-electron chi connectivity index (χ1n) is 37.0. The standard InChI is InChI=1S/C76H107N7O8S2/c1-41(85)82-68(77)81-38-73-33-44(43-9-5-11-47(86)28-43)32-72-35-56(88)65(89)52(36-78-4)63(72)55(87)29-54(67(72)73)76(91)58-30-53-60-49(16-17-57(73)74(53,76)39-84)48-12-6-13-50-59(48)61(66(60)90)64(51-27-42-14-15-45-10-7-19-71(45,31-42)62(50)51)69(2,3)34-46(83-26-25-80-40-83)37-92-93-75(58)20-8-18-70(75)21-23-79-24-22-70/h5,9,11,25-26,28-29,40-42,44-46,48-49,52-53,56-58,60-63,65-67,78-79,84-86,88-91H,6-8,10,12-24,27,30-39H2,1-4H3,(H3,77,81,82)/t41-,42-,44+,45+,46-,48+,49-,52+,53-,56+,57+,58-,60+,61-,62+,63+,65-,66+,67+,71+,72+,73+,74+,75-,76+/m1/s1. The van der Waals surface area contributed by atoms with E-state index in [0.717, 1.165) is 101 Å². The molecule has 13 aliphatic carbocycles. The van der Waals surface area contributed by atoms with E-state index in [4.69, 9.17) is 15.7 Å². The van der Waals surface area contributed by atoms with E-state index in [0.29, 0.717) is 43.1 Å². The van der Waals surface area contributed by atoms with Crippen molar-refractivity contribution in [3.05, 3.63) is 82.5 Å². The molecule has 0 amide bonds. The molecule has 15 nitrogen and oxygen atoms in total. The maximum Gasteiger partial charge on any atom is 0.190 e. The van der Waals surface area contributed by atoms with Crippen LogP contribution in [0.15, 0.2) is 81.9 Å². The summed E-state index contributed by atoms with van der Waals surface area (Å²) in [6.45, 7) is 8.57. The van der Waals surface area contributed by atoms with Crippen LogP contribution in [0.25, 0.3) is 0 Å². The van der Waals surface area contributed by atoms with E-state index in [1.54, 1.807) is 29.7 Å². The number of hydrogen-bond acceptors (Lipinski definition) is 14. The number of nitrogens with two attached hydrogens (primary N) is 1. The molecule has 2 aliphatic heterocycles. The molecule has 3 heterocycles. The number of allylic oxidation sites excluding steroid dienone is 3. The van der Waals surface area contributed by atoms with Gasteiger partial charge in [-0.2, -0.15) is 0 Å². The molecule has 6 bridgehead atoms. The third kappa shape index (κ3) is 8.48. The Labute approximate surface area is 559 Å². The highest BCUT2D eigenvalue weighted by atomic mass is 33.1. The van der Waals surface area contributed by atoms with Gasteiger partial charge in [-0.05, 0) is 260 Å². The van der Waals surface area contributed by atoms with Crippen molar-refractivity contribution in [1.29, 1.82) is 0 Å². The second-order valence-electron chi connectivity index (χ2n) is 34.7. The van der Waals surface area contributed by atoms with Gasteiger partial charge in [-0.15, -0.1) is 0 Å². The summed E-state index contributed by atoms with van der Waals surface area (Å²) in [5.41, 5.74) is 9.74. The minimum atomic E-state index is -1.79. The van der Waals surface area contributed by atoms with Crippen molar-refractivity contribution in [3.8, 4) is 5.75 Å². The number of carbonyl (C=O) groups excluding carboxylic acids is 1. The summed E-state index contributed by atoms with van der Waals surface area (Å²) >= 11 is 0. The van der Waals surface area contributed by atoms with Gasteiger partial charge < -0.3 is 62.0 Å². The first kappa shape index (κ1) is 63.2. The molecule has 0 unspecified atom stereocenters. The van der Waals surface area contributed by atoms with Crippen molar-refractivity contribution in [2.24, 2.45) is 120 Å². The van der Waals surface area contributed by atoms with E-state index in [9.17, 15) is 25.5 Å². The van der Waals surface area contributed by atoms with Crippen LogP contribution in [0, 0.1) is 109 Å². The number of aromatic hydroxyl groups is 1. The average Bonchev–Trinajstić information content (AvgIpc) is 1.57. The minimum Gasteiger partial charge on any atom is -0.508 e. The lowest BCUT2D eigenvalue weighted by atomic mass is 9.30. The number of aliphatic hydroxyl groups excluding tert-OH is 5. The lowest BCUT2D eigenvalue weighted by molar-refractivity contribution is -0.263. The number of rotatable bonds is 8. The Balaban J connectivity index is 0.974. The van der Waals surface area contributed by atoms with Gasteiger partial charge in [0.25, 0.3) is 0 Å². The number of carbonyl (C=O) groups is 1. The molecule has 1 aromatic carbocycles. The predicted octanol–water partition coefficient (Wildman–Crippen LogP) is 9.74. The number of phenolic OH excluding ortho intramolecular Hbond substituents is 1. The molecule has 506 valence electrons. The summed E-state index contributed by atoms with van der Waals surface area (Å²) in [6.07, 6.45) is 24.9. The number of aliphatic hydroxyl groups is 6. The Hall–Kier alpha value is -3.23. The van der Waals surface area contributed by atoms with Crippen LogP contribution in [0.3, 0.4) is 0 Å². The van der Waals surface area contributed by atoms with Crippen molar-refractivity contribution < 1.29 is 40.5 Å². The SMILES string of the molecule is CNC[C@@H]1[C@@H](O)[C@@H](O)C[C@]23C[C@H](c4cccc(O)c4)C[C@@]4(CN=C(N)N[C@@H](C)O)[C@H]2C(=CC(=O)[C@H]13)[C@]1(O)[C@@H]2C[C@@H]3[C@H]5[C@H](O)[C@@H]6C7=C(CCC[C@H]7[C@H]5CC[C@@H]4[C@]31CO)[C@H]1C(=C6C(C)(C)C[C@@H](n3ccnc3)CSS[C@]23CCCC32CCNCC2)C[C@H]2CC[C@@H]3CCC[C@]31C2. The zero-order valence-corrected chi connectivity index (χ0v) is 57.3. The number of piperidine rings is 1. The van der Waals surface area contributed by atoms with Crippen molar-refractivity contribution in [3.63, 3.8) is 0 Å². The molecule has 4 spiro atoms. The molecule has 0 radical (unpaired) electrons. The number of benzene rings is 1. The quantitative estimate of drug-likeness (QED) is 0.0387. The van der Waals surface area contributed by atoms with E-state index < -0.39 is 80.7 Å². The Morgan fingerprint density at radius 1 is 0.935 bits per heavy atom. The fourth-order valence-corrected chi connectivity index (χ4v) is 33.3. The molecule has 25 atom stereocenters. The van der Waals surface area contributed by atoms with Gasteiger partial charge in [-0.1, -0.05) is 82.7 Å². The molecule has 12 N–H and O–H groups in total. The largest absolute Gasteiger partial charge is 0.508 e. The van der Waals surface area contributed by atoms with Crippen LogP contribution in [0.4, 0.5) is 0 Å². The van der Waals surface area contributed by atoms with E-state index in [-0.39, 0.29) is 101 Å². The van der Waals surface area contributed by atoms with Gasteiger partial charge in [-0.3, -0.25) is 9.79 Å². The number of nitrogens with zero attached hydrogens (tertiary/aromatic N) is 3. The molecule has 12 fully saturated rings. The summed E-state index contributed by atoms with van der Waals surface area (Å²) in [7, 11) is 5.91. The molecule has 2 aromatic rings. The van der Waals surface area contributed by atoms with Crippen LogP contribution >= 0.6 is 21.6 Å². The number of hydrogen-bond donors (Lipinski definition) is 11. The van der Waals surface area contributed by atoms with E-state index in [1.807, 2.05) is 48.6 Å². The molecule has 10 saturated carbocycles. The van der Waals surface area contributed by atoms with Gasteiger partial charge in [0.15, 0.2) is 11.7 Å². The Kier molecular flexibility index (Phi) is 15.2. The van der Waals surface area contributed by atoms with Gasteiger partial charge in [0.2, 0.25) is 0 Å². The zero-order chi connectivity index (χ0) is 64.1. The van der Waals surface area contributed by atoms with Crippen LogP contribution < -0.4 is 21.7 Å². The Morgan fingerprint density at radius 3 is 2.55 bits per heavy atom. The minimum absolute atomic E-state index is 0.0500. The highest BCUT2D eigenvalue weighted by Crippen LogP contribution is 2.86. The number of aliphatic imine (C=N–C) groups is 1. The van der Waals surface area contributed by atoms with Crippen LogP contribution in [-0.4, -0.2) is 138 Å². The van der Waals surface area contributed by atoms with E-state index in [1.165, 1.54) is 44.1 Å². The Morgan fingerprint density at radius 2 is 1.77 bits per heavy atom. The highest BCUT2D eigenvalue weighted by Gasteiger charge is 2.86. The molecule has 15 aliphatic rings. The number of aromatic nitrogens is 2. The second kappa shape index (κ2) is 22.4. The fourth-order valence-electron chi connectivity index (χ4n) is 29.1. The number of imidazole rings is 1. The number of phenols is 1. The summed E-state index contributed by atoms with van der Waals surface area (Å²) in [6, 6.07) is 7.66. The topological polar surface area (TPSA) is 251 Å². The molecular formula is C76H107N7O8S2. The van der Waals surface area contributed by atoms with E-state index in [2.05, 4.69) is 57.4 Å². The van der Waals surface area contributed by atoms with Crippen LogP contribution in [-0.2, 0) is 4.79 Å². The van der Waals surface area contributed by atoms with Gasteiger partial charge in [0.05, 0.1) is 36.8 Å². The number of guanidine groups is 1. The normalized spacial score (nSPS) is 48.5. The van der Waals surface area contributed by atoms with Crippen molar-refractivity contribution >= 4 is 33.3 Å². The van der Waals surface area contributed by atoms with Crippen LogP contribution in [0.2, 0.25) is 0 Å². The number of fused-ring (bicyclic) bond motifs is 10. The highest BCUT2D eigenvalue weighted by molar-refractivity contribution is 8.77. The van der Waals surface area contributed by atoms with Crippen molar-refractivity contribution in [1.82, 2.24) is 25.5 Å². The van der Waals surface area contributed by atoms with Gasteiger partial charge >= 0.3 is 0 Å². The first-order valence-corrected chi connectivity index (χ1v) is 39.4. The summed E-state index contributed by atoms with van der Waals surface area (Å²) < 4.78 is 1.85. The third-order valence-corrected chi connectivity index (χ3v) is 34.6. The molecule has 17 heteroatoms. The van der Waals surface area contributed by atoms with Gasteiger partial charge in [0.1, 0.15) is 12.0 Å². The molecular weight excluding hydrogens is 1200 g/mol. The predicted molar refractivity (Wildman–Crippen MR) is 363 cm³/mol. The average molecular weight is 1310 g/mol. The molecule has 1 aromatic heterocycles. The van der Waals surface area contributed by atoms with Crippen molar-refractivity contribution in [2.75, 3.05) is 45.6 Å². The summed E-state index contributed by atoms with van der Waals surface area (Å²) in [5.74, 6) is -1.18. The molecule has 2 saturated heterocycles. The maximum absolute atomic E-state index is 16.8. The van der Waals surface area contributed by atoms with Crippen LogP contribution in [0.5, 0.6) is 5.75 Å². The smallest absolute Gasteiger partial charge is 0.190 e.